The van der Waals surface area contributed by atoms with Gasteiger partial charge < -0.3 is 9.30 Å². The van der Waals surface area contributed by atoms with Crippen molar-refractivity contribution in [1.82, 2.24) is 14.5 Å². The number of aromatic nitrogens is 3. The normalized spacial score (nSPS) is 16.6. The molecule has 3 aliphatic rings. The second-order valence-corrected chi connectivity index (χ2v) is 14.5. The third kappa shape index (κ3) is 5.06. The standard InChI is InChI=1S/C50H35N3O/c1-3-11-32(12-4-1)33-19-23-35(24-20-33)49-40-16-7-9-17-44(40)51-50(52-49)36-25-21-34(22-26-36)37-27-28-45-41(29-37)42-30-43-39-15-8-10-18-47(39)54-48(43)31-46(42)53(45)38-13-5-2-6-14-38/h1-26,28-29,31,37,43H,27,30H2. The van der Waals surface area contributed by atoms with Crippen LogP contribution in [0.25, 0.3) is 68.6 Å². The van der Waals surface area contributed by atoms with Gasteiger partial charge in [-0.15, -0.1) is 0 Å². The van der Waals surface area contributed by atoms with Crippen molar-refractivity contribution in [3.63, 3.8) is 0 Å². The Labute approximate surface area is 313 Å². The van der Waals surface area contributed by atoms with E-state index in [1.807, 2.05) is 12.1 Å². The number of ether oxygens (including phenoxy) is 1. The average Bonchev–Trinajstić information content (AvgIpc) is 3.77. The fourth-order valence-electron chi connectivity index (χ4n) is 8.68. The molecule has 6 aromatic carbocycles. The summed E-state index contributed by atoms with van der Waals surface area (Å²) in [4.78, 5) is 10.2. The van der Waals surface area contributed by atoms with Crippen molar-refractivity contribution in [1.29, 1.82) is 0 Å². The highest BCUT2D eigenvalue weighted by Crippen LogP contribution is 2.46. The van der Waals surface area contributed by atoms with Gasteiger partial charge in [0, 0.05) is 50.3 Å². The van der Waals surface area contributed by atoms with Gasteiger partial charge in [0.25, 0.3) is 0 Å². The lowest BCUT2D eigenvalue weighted by molar-refractivity contribution is 0.428. The van der Waals surface area contributed by atoms with Crippen LogP contribution in [0.15, 0.2) is 163 Å². The van der Waals surface area contributed by atoms with E-state index in [-0.39, 0.29) is 11.8 Å². The van der Waals surface area contributed by atoms with E-state index in [2.05, 4.69) is 168 Å². The first-order chi connectivity index (χ1) is 26.7. The van der Waals surface area contributed by atoms with Crippen LogP contribution in [0.4, 0.5) is 0 Å². The zero-order valence-electron chi connectivity index (χ0n) is 29.6. The van der Waals surface area contributed by atoms with Gasteiger partial charge in [-0.3, -0.25) is 0 Å². The molecule has 0 saturated heterocycles. The van der Waals surface area contributed by atoms with Gasteiger partial charge >= 0.3 is 0 Å². The van der Waals surface area contributed by atoms with Crippen LogP contribution >= 0.6 is 0 Å². The Morgan fingerprint density at radius 1 is 0.611 bits per heavy atom. The topological polar surface area (TPSA) is 39.9 Å². The summed E-state index contributed by atoms with van der Waals surface area (Å²) in [6.45, 7) is 0. The van der Waals surface area contributed by atoms with Gasteiger partial charge in [0.2, 0.25) is 0 Å². The highest BCUT2D eigenvalue weighted by molar-refractivity contribution is 5.94. The van der Waals surface area contributed by atoms with Gasteiger partial charge in [-0.2, -0.15) is 0 Å². The zero-order chi connectivity index (χ0) is 35.6. The predicted molar refractivity (Wildman–Crippen MR) is 219 cm³/mol. The Morgan fingerprint density at radius 2 is 1.30 bits per heavy atom. The second-order valence-electron chi connectivity index (χ2n) is 14.5. The molecular weight excluding hydrogens is 659 g/mol. The molecule has 11 rings (SSSR count). The predicted octanol–water partition coefficient (Wildman–Crippen LogP) is 10.2. The van der Waals surface area contributed by atoms with Crippen molar-refractivity contribution in [2.75, 3.05) is 0 Å². The van der Waals surface area contributed by atoms with Crippen LogP contribution in [-0.4, -0.2) is 14.5 Å². The lowest BCUT2D eigenvalue weighted by atomic mass is 9.85. The fourth-order valence-corrected chi connectivity index (χ4v) is 8.68. The molecule has 2 aromatic heterocycles. The summed E-state index contributed by atoms with van der Waals surface area (Å²) in [5.41, 5.74) is 12.7. The van der Waals surface area contributed by atoms with Crippen LogP contribution in [0.1, 0.15) is 40.6 Å². The number of allylic oxidation sites excluding steroid dienone is 1. The molecule has 54 heavy (non-hydrogen) atoms. The maximum atomic E-state index is 6.42. The van der Waals surface area contributed by atoms with Crippen molar-refractivity contribution in [2.24, 2.45) is 0 Å². The van der Waals surface area contributed by atoms with Gasteiger partial charge in [-0.1, -0.05) is 146 Å². The van der Waals surface area contributed by atoms with E-state index in [1.54, 1.807) is 0 Å². The molecule has 2 unspecified atom stereocenters. The number of rotatable bonds is 5. The fraction of sp³-hybridized carbons (Fsp3) is 0.0800. The van der Waals surface area contributed by atoms with Crippen molar-refractivity contribution in [2.45, 2.75) is 24.7 Å². The molecule has 0 N–H and O–H groups in total. The molecule has 1 aliphatic heterocycles. The van der Waals surface area contributed by atoms with Crippen molar-refractivity contribution in [3.05, 3.63) is 196 Å². The third-order valence-corrected chi connectivity index (χ3v) is 11.4. The van der Waals surface area contributed by atoms with Crippen molar-refractivity contribution >= 4 is 29.1 Å². The van der Waals surface area contributed by atoms with Crippen LogP contribution < -0.4 is 15.3 Å². The Kier molecular flexibility index (Phi) is 7.09. The van der Waals surface area contributed by atoms with Crippen LogP contribution in [-0.2, 0) is 6.42 Å². The molecule has 0 amide bonds. The molecular formula is C50H35N3O. The molecule has 3 heterocycles. The summed E-state index contributed by atoms with van der Waals surface area (Å²) in [5, 5.41) is 3.67. The highest BCUT2D eigenvalue weighted by Gasteiger charge is 2.35. The van der Waals surface area contributed by atoms with E-state index in [0.717, 1.165) is 57.9 Å². The maximum absolute atomic E-state index is 6.42. The van der Waals surface area contributed by atoms with Crippen LogP contribution in [0.5, 0.6) is 5.75 Å². The summed E-state index contributed by atoms with van der Waals surface area (Å²) in [7, 11) is 0. The third-order valence-electron chi connectivity index (χ3n) is 11.4. The molecule has 0 saturated carbocycles. The number of fused-ring (bicyclic) bond motifs is 7. The van der Waals surface area contributed by atoms with E-state index < -0.39 is 0 Å². The minimum atomic E-state index is 0.242. The lowest BCUT2D eigenvalue weighted by Gasteiger charge is -2.19. The summed E-state index contributed by atoms with van der Waals surface area (Å²) in [6.07, 6.45) is 9.08. The van der Waals surface area contributed by atoms with E-state index >= 15 is 0 Å². The van der Waals surface area contributed by atoms with Gasteiger partial charge in [0.1, 0.15) is 11.5 Å². The molecule has 0 bridgehead atoms. The summed E-state index contributed by atoms with van der Waals surface area (Å²) in [5.74, 6) is 3.27. The number of hydrogen-bond donors (Lipinski definition) is 0. The van der Waals surface area contributed by atoms with E-state index in [4.69, 9.17) is 14.7 Å². The number of nitrogens with zero attached hydrogens (tertiary/aromatic N) is 3. The largest absolute Gasteiger partial charge is 0.461 e. The van der Waals surface area contributed by atoms with E-state index in [9.17, 15) is 0 Å². The van der Waals surface area contributed by atoms with Crippen LogP contribution in [0.2, 0.25) is 0 Å². The van der Waals surface area contributed by atoms with E-state index in [1.165, 1.54) is 49.8 Å². The Hall–Kier alpha value is -6.78. The summed E-state index contributed by atoms with van der Waals surface area (Å²) in [6, 6.07) is 55.6. The Morgan fingerprint density at radius 3 is 2.13 bits per heavy atom. The summed E-state index contributed by atoms with van der Waals surface area (Å²) < 4.78 is 8.85. The van der Waals surface area contributed by atoms with E-state index in [0.29, 0.717) is 0 Å². The number of hydrogen-bond acceptors (Lipinski definition) is 3. The zero-order valence-corrected chi connectivity index (χ0v) is 29.6. The molecule has 2 atom stereocenters. The summed E-state index contributed by atoms with van der Waals surface area (Å²) >= 11 is 0. The Balaban J connectivity index is 0.959. The molecule has 4 nitrogen and oxygen atoms in total. The van der Waals surface area contributed by atoms with Crippen molar-refractivity contribution < 1.29 is 4.74 Å². The molecule has 4 heteroatoms. The first-order valence-corrected chi connectivity index (χ1v) is 18.8. The quantitative estimate of drug-likeness (QED) is 0.180. The first-order valence-electron chi connectivity index (χ1n) is 18.8. The SMILES string of the molecule is C1=C2Oc3ccccc3C2Cc2c1n(-c1ccccc1)c1c2=CC(c2ccc(-c3nc(-c4ccc(-c5ccccc5)cc4)c4ccccc4n3)cc2)CC=1. The molecule has 2 aliphatic carbocycles. The Bertz CT molecular complexity index is 2890. The smallest absolute Gasteiger partial charge is 0.160 e. The molecule has 0 radical (unpaired) electrons. The molecule has 8 aromatic rings. The van der Waals surface area contributed by atoms with Gasteiger partial charge in [-0.25, -0.2) is 9.97 Å². The molecule has 256 valence electrons. The molecule has 0 spiro atoms. The maximum Gasteiger partial charge on any atom is 0.160 e. The number of benzene rings is 6. The van der Waals surface area contributed by atoms with Crippen molar-refractivity contribution in [3.8, 4) is 45.2 Å². The van der Waals surface area contributed by atoms with Crippen LogP contribution in [0.3, 0.4) is 0 Å². The lowest BCUT2D eigenvalue weighted by Crippen LogP contribution is -2.33. The van der Waals surface area contributed by atoms with Gasteiger partial charge in [-0.05, 0) is 59.4 Å². The van der Waals surface area contributed by atoms with Crippen LogP contribution in [0, 0.1) is 0 Å². The molecule has 0 fully saturated rings. The van der Waals surface area contributed by atoms with Gasteiger partial charge in [0.05, 0.1) is 22.8 Å². The minimum absolute atomic E-state index is 0.242. The second kappa shape index (κ2) is 12.4. The minimum Gasteiger partial charge on any atom is -0.461 e. The number of para-hydroxylation sites is 3. The monoisotopic (exact) mass is 693 g/mol. The highest BCUT2D eigenvalue weighted by atomic mass is 16.5. The average molecular weight is 694 g/mol. The van der Waals surface area contributed by atoms with Gasteiger partial charge in [0.15, 0.2) is 5.82 Å². The first kappa shape index (κ1) is 30.8.